The van der Waals surface area contributed by atoms with Crippen molar-refractivity contribution in [3.63, 3.8) is 0 Å². The maximum absolute atomic E-state index is 2.19. The Balaban J connectivity index is 2.90. The normalized spacial score (nSPS) is 9.82. The van der Waals surface area contributed by atoms with Gasteiger partial charge in [-0.15, -0.1) is 0 Å². The molecule has 0 aliphatic carbocycles. The van der Waals surface area contributed by atoms with E-state index in [4.69, 9.17) is 0 Å². The van der Waals surface area contributed by atoms with Crippen LogP contribution < -0.4 is 0 Å². The van der Waals surface area contributed by atoms with Crippen LogP contribution in [-0.4, -0.2) is 0 Å². The van der Waals surface area contributed by atoms with Crippen LogP contribution in [0, 0.1) is 0 Å². The van der Waals surface area contributed by atoms with Gasteiger partial charge in [-0.05, 0) is 20.1 Å². The Bertz CT molecular complexity index is 343. The number of hydrogen-bond acceptors (Lipinski definition) is 3. The summed E-state index contributed by atoms with van der Waals surface area (Å²) in [4.78, 5) is 0. The van der Waals surface area contributed by atoms with E-state index in [2.05, 4.69) is 35.0 Å². The van der Waals surface area contributed by atoms with Crippen molar-refractivity contribution < 1.29 is 0 Å². The fourth-order valence-electron chi connectivity index (χ4n) is 0.891. The lowest BCUT2D eigenvalue weighted by Gasteiger charge is -1.86. The van der Waals surface area contributed by atoms with Crippen LogP contribution in [-0.2, 0) is 0 Å². The van der Waals surface area contributed by atoms with E-state index in [9.17, 15) is 0 Å². The van der Waals surface area contributed by atoms with E-state index < -0.39 is 0 Å². The fraction of sp³-hybridized carbons (Fsp3) is 0. The van der Waals surface area contributed by atoms with E-state index in [1.807, 2.05) is 0 Å². The molecule has 0 aliphatic heterocycles. The first-order valence-corrected chi connectivity index (χ1v) is 6.82. The van der Waals surface area contributed by atoms with Crippen molar-refractivity contribution in [2.75, 3.05) is 0 Å². The van der Waals surface area contributed by atoms with Gasteiger partial charge in [-0.2, -0.15) is 0 Å². The number of benzene rings is 1. The minimum atomic E-state index is 1.33. The molecule has 0 atom stereocenters. The van der Waals surface area contributed by atoms with Gasteiger partial charge in [0.1, 0.15) is 0 Å². The molecule has 0 N–H and O–H groups in total. The lowest BCUT2D eigenvalue weighted by molar-refractivity contribution is 1.84. The maximum atomic E-state index is 2.19. The molecule has 0 aliphatic rings. The summed E-state index contributed by atoms with van der Waals surface area (Å²) in [5.74, 6) is 0. The molecule has 0 unspecified atom stereocenters. The van der Waals surface area contributed by atoms with Crippen LogP contribution in [0.15, 0.2) is 35.0 Å². The largest absolute Gasteiger partial charge is 0.0773 e. The number of fused-ring (bicyclic) bond motifs is 1. The van der Waals surface area contributed by atoms with Crippen LogP contribution in [0.3, 0.4) is 0 Å². The zero-order valence-electron chi connectivity index (χ0n) is 5.69. The van der Waals surface area contributed by atoms with Gasteiger partial charge in [-0.1, -0.05) is 44.9 Å². The summed E-state index contributed by atoms with van der Waals surface area (Å²) < 4.78 is 0. The van der Waals surface area contributed by atoms with E-state index in [1.165, 1.54) is 10.8 Å². The lowest BCUT2D eigenvalue weighted by Crippen LogP contribution is -1.60. The van der Waals surface area contributed by atoms with E-state index in [0.717, 1.165) is 0 Å². The van der Waals surface area contributed by atoms with Gasteiger partial charge < -0.3 is 0 Å². The van der Waals surface area contributed by atoms with Crippen molar-refractivity contribution in [2.24, 2.45) is 0 Å². The Morgan fingerprint density at radius 2 is 1.36 bits per heavy atom. The monoisotopic (exact) mass is 198 g/mol. The molecule has 2 aromatic rings. The van der Waals surface area contributed by atoms with Crippen LogP contribution in [0.2, 0.25) is 0 Å². The quantitative estimate of drug-likeness (QED) is 0.558. The zero-order chi connectivity index (χ0) is 7.52. The Labute approximate surface area is 75.8 Å². The highest BCUT2D eigenvalue weighted by molar-refractivity contribution is 7.93. The lowest BCUT2D eigenvalue weighted by atomic mass is 10.2. The topological polar surface area (TPSA) is 0 Å². The molecule has 0 spiro atoms. The molecule has 0 amide bonds. The van der Waals surface area contributed by atoms with Crippen LogP contribution in [0.4, 0.5) is 0 Å². The summed E-state index contributed by atoms with van der Waals surface area (Å²) in [6.45, 7) is 0. The molecule has 0 saturated carbocycles. The zero-order valence-corrected chi connectivity index (χ0v) is 8.14. The molecule has 3 heteroatoms. The van der Waals surface area contributed by atoms with Crippen molar-refractivity contribution in [1.29, 1.82) is 0 Å². The molecule has 1 aromatic heterocycles. The minimum Gasteiger partial charge on any atom is -0.0773 e. The van der Waals surface area contributed by atoms with Gasteiger partial charge in [0.15, 0.2) is 0 Å². The van der Waals surface area contributed by atoms with Crippen LogP contribution in [0.25, 0.3) is 10.8 Å². The molecule has 11 heavy (non-hydrogen) atoms. The summed E-state index contributed by atoms with van der Waals surface area (Å²) in [6, 6.07) is 8.44. The molecule has 56 valence electrons. The summed E-state index contributed by atoms with van der Waals surface area (Å²) in [6.07, 6.45) is 0. The third-order valence-corrected chi connectivity index (χ3v) is 4.75. The predicted octanol–water partition coefficient (Wildman–Crippen LogP) is 4.15. The fourth-order valence-corrected chi connectivity index (χ4v) is 3.76. The van der Waals surface area contributed by atoms with Crippen molar-refractivity contribution in [3.05, 3.63) is 35.0 Å². The third kappa shape index (κ3) is 1.61. The van der Waals surface area contributed by atoms with Gasteiger partial charge in [0.2, 0.25) is 0 Å². The number of rotatable bonds is 0. The van der Waals surface area contributed by atoms with Gasteiger partial charge in [0.05, 0.1) is 0 Å². The summed E-state index contributed by atoms with van der Waals surface area (Å²) >= 11 is 0. The van der Waals surface area contributed by atoms with E-state index >= 15 is 0 Å². The van der Waals surface area contributed by atoms with Crippen molar-refractivity contribution in [2.45, 2.75) is 0 Å². The van der Waals surface area contributed by atoms with Crippen molar-refractivity contribution in [3.8, 4) is 0 Å². The second-order valence-corrected chi connectivity index (χ2v) is 5.91. The van der Waals surface area contributed by atoms with Crippen LogP contribution in [0.1, 0.15) is 0 Å². The van der Waals surface area contributed by atoms with Crippen molar-refractivity contribution >= 4 is 40.8 Å². The predicted molar refractivity (Wildman–Crippen MR) is 55.2 cm³/mol. The average molecular weight is 198 g/mol. The highest BCUT2D eigenvalue weighted by atomic mass is 33.2. The molecule has 1 aromatic carbocycles. The highest BCUT2D eigenvalue weighted by Crippen LogP contribution is 2.19. The van der Waals surface area contributed by atoms with E-state index in [1.54, 1.807) is 30.0 Å². The molecule has 0 radical (unpaired) electrons. The highest BCUT2D eigenvalue weighted by Gasteiger charge is 1.85. The molecule has 0 nitrogen and oxygen atoms in total. The molecular formula is C8H6S3. The first-order valence-electron chi connectivity index (χ1n) is 3.21. The summed E-state index contributed by atoms with van der Waals surface area (Å²) in [5, 5.41) is 7.04. The third-order valence-electron chi connectivity index (χ3n) is 1.42. The Hall–Kier alpha value is -0.380. The average Bonchev–Trinajstić information content (AvgIpc) is 2.28. The molecule has 0 saturated heterocycles. The van der Waals surface area contributed by atoms with Gasteiger partial charge in [0, 0.05) is 10.8 Å². The second-order valence-electron chi connectivity index (χ2n) is 2.13. The number of hydrogen-bond donors (Lipinski definition) is 0. The van der Waals surface area contributed by atoms with Crippen LogP contribution in [0.5, 0.6) is 0 Å². The molecule has 0 bridgehead atoms. The molecule has 0 fully saturated rings. The first-order chi connectivity index (χ1) is 5.47. The minimum absolute atomic E-state index is 1.33. The Kier molecular flexibility index (Phi) is 2.21. The smallest absolute Gasteiger partial charge is 0.0100 e. The van der Waals surface area contributed by atoms with Crippen molar-refractivity contribution in [1.82, 2.24) is 0 Å². The molecule has 1 heterocycles. The van der Waals surface area contributed by atoms with Gasteiger partial charge >= 0.3 is 0 Å². The standard InChI is InChI=1S/C8H6S3/c1-2-4-8-6-10-11-9-5-7(8)3-1/h1-6H. The first kappa shape index (κ1) is 7.28. The Morgan fingerprint density at radius 1 is 0.818 bits per heavy atom. The Morgan fingerprint density at radius 3 is 1.91 bits per heavy atom. The van der Waals surface area contributed by atoms with Gasteiger partial charge in [-0.25, -0.2) is 0 Å². The summed E-state index contributed by atoms with van der Waals surface area (Å²) in [7, 11) is 5.36. The van der Waals surface area contributed by atoms with Gasteiger partial charge in [-0.3, -0.25) is 0 Å². The maximum Gasteiger partial charge on any atom is 0.0100 e. The second kappa shape index (κ2) is 3.34. The summed E-state index contributed by atoms with van der Waals surface area (Å²) in [5.41, 5.74) is 0. The van der Waals surface area contributed by atoms with E-state index in [-0.39, 0.29) is 0 Å². The molecular weight excluding hydrogens is 192 g/mol. The molecule has 2 rings (SSSR count). The van der Waals surface area contributed by atoms with Gasteiger partial charge in [0.25, 0.3) is 0 Å². The van der Waals surface area contributed by atoms with E-state index in [0.29, 0.717) is 0 Å². The van der Waals surface area contributed by atoms with Crippen LogP contribution >= 0.6 is 30.0 Å². The SMILES string of the molecule is c1ccc2cssscc2c1.